The molecule has 0 heterocycles. The first-order chi connectivity index (χ1) is 54.1. The summed E-state index contributed by atoms with van der Waals surface area (Å²) in [6, 6.07) is 32.0. The molecule has 0 N–H and O–H groups in total. The van der Waals surface area contributed by atoms with Crippen molar-refractivity contribution < 1.29 is 56.1 Å². The van der Waals surface area contributed by atoms with Gasteiger partial charge in [0.05, 0.1) is 157 Å². The largest absolute Gasteiger partial charge is 0.462 e. The first kappa shape index (κ1) is 97.2. The van der Waals surface area contributed by atoms with E-state index >= 15 is 0 Å². The van der Waals surface area contributed by atoms with E-state index in [0.29, 0.717) is 48.7 Å². The number of carbonyl (C=O) groups is 4. The summed E-state index contributed by atoms with van der Waals surface area (Å²) in [5, 5.41) is 0. The van der Waals surface area contributed by atoms with Crippen molar-refractivity contribution in [2.45, 2.75) is 334 Å². The van der Waals surface area contributed by atoms with Crippen molar-refractivity contribution >= 4 is 23.9 Å². The van der Waals surface area contributed by atoms with Gasteiger partial charge in [-0.25, -0.2) is 19.2 Å². The minimum Gasteiger partial charge on any atom is -0.462 e. The Morgan fingerprint density at radius 1 is 0.205 bits per heavy atom. The maximum atomic E-state index is 13.9. The average Bonchev–Trinajstić information content (AvgIpc) is 0.714. The Hall–Kier alpha value is -5.40. The first-order valence-corrected chi connectivity index (χ1v) is 46.5. The highest BCUT2D eigenvalue weighted by Gasteiger charge is 2.53. The quantitative estimate of drug-likeness (QED) is 0.0186. The van der Waals surface area contributed by atoms with E-state index < -0.39 is 0 Å². The molecule has 5 rings (SSSR count). The van der Waals surface area contributed by atoms with Crippen molar-refractivity contribution in [3.63, 3.8) is 0 Å². The van der Waals surface area contributed by atoms with Gasteiger partial charge in [0.25, 0.3) is 0 Å². The monoisotopic (exact) mass is 1550 g/mol. The van der Waals surface area contributed by atoms with Crippen LogP contribution in [0, 0.1) is 0 Å². The van der Waals surface area contributed by atoms with E-state index in [1.54, 1.807) is 0 Å². The number of hydrogen-bond donors (Lipinski definition) is 0. The van der Waals surface area contributed by atoms with Gasteiger partial charge in [-0.1, -0.05) is 282 Å². The van der Waals surface area contributed by atoms with Gasteiger partial charge in [-0.2, -0.15) is 0 Å². The van der Waals surface area contributed by atoms with Crippen LogP contribution in [-0.4, -0.2) is 177 Å². The SMILES string of the molecule is CCCCCCCCCCCC[N+](C)(C)CCCOC(=O)c1ccc(C2C(c3ccc(C(=O)OCCC[N+](C)(C)CCCCCCCCCCCC)cc3)C(c3ccc(C(=O)OCCC[N+](C)(C)CCCCCCCCCCCC)cc3)C2c2ccc(C(=O)OCCC[N+](C)(C)CCCCCCCCCCCC)cc2)cc1. The Bertz CT molecular complexity index is 2660. The second-order valence-corrected chi connectivity index (χ2v) is 36.8. The van der Waals surface area contributed by atoms with Crippen molar-refractivity contribution in [3.8, 4) is 0 Å². The fourth-order valence-electron chi connectivity index (χ4n) is 17.3. The van der Waals surface area contributed by atoms with Crippen molar-refractivity contribution in [3.05, 3.63) is 142 Å². The molecule has 0 saturated heterocycles. The third kappa shape index (κ3) is 40.4. The number of hydrogen-bond acceptors (Lipinski definition) is 8. The molecule has 12 heteroatoms. The minimum absolute atomic E-state index is 0.0952. The van der Waals surface area contributed by atoms with E-state index in [1.165, 1.54) is 257 Å². The number of nitrogens with zero attached hydrogens (tertiary/aromatic N) is 4. The lowest BCUT2D eigenvalue weighted by Gasteiger charge is -2.54. The zero-order valence-electron chi connectivity index (χ0n) is 74.2. The number of esters is 4. The van der Waals surface area contributed by atoms with Gasteiger partial charge in [-0.3, -0.25) is 0 Å². The summed E-state index contributed by atoms with van der Waals surface area (Å²) in [6.07, 6.45) is 56.3. The van der Waals surface area contributed by atoms with Gasteiger partial charge in [0, 0.05) is 25.7 Å². The van der Waals surface area contributed by atoms with Gasteiger partial charge in [-0.15, -0.1) is 0 Å². The lowest BCUT2D eigenvalue weighted by molar-refractivity contribution is -0.890. The van der Waals surface area contributed by atoms with Crippen LogP contribution in [0.1, 0.15) is 398 Å². The number of carbonyl (C=O) groups excluding carboxylic acids is 4. The van der Waals surface area contributed by atoms with E-state index in [0.717, 1.165) is 118 Å². The summed E-state index contributed by atoms with van der Waals surface area (Å²) < 4.78 is 27.6. The third-order valence-electron chi connectivity index (χ3n) is 24.7. The van der Waals surface area contributed by atoms with Gasteiger partial charge in [0.2, 0.25) is 0 Å². The van der Waals surface area contributed by atoms with Crippen LogP contribution in [0.25, 0.3) is 0 Å². The van der Waals surface area contributed by atoms with Crippen LogP contribution in [0.3, 0.4) is 0 Å². The summed E-state index contributed by atoms with van der Waals surface area (Å²) in [5.41, 5.74) is 6.32. The molecule has 4 aromatic rings. The van der Waals surface area contributed by atoms with Crippen molar-refractivity contribution in [1.29, 1.82) is 0 Å². The van der Waals surface area contributed by atoms with Crippen LogP contribution in [0.5, 0.6) is 0 Å². The summed E-state index contributed by atoms with van der Waals surface area (Å²) >= 11 is 0. The minimum atomic E-state index is -0.323. The molecular formula is C100H168N4O8+4. The normalized spacial score (nSPS) is 15.3. The van der Waals surface area contributed by atoms with E-state index in [-0.39, 0.29) is 47.5 Å². The van der Waals surface area contributed by atoms with Crippen LogP contribution in [0.15, 0.2) is 97.1 Å². The third-order valence-corrected chi connectivity index (χ3v) is 24.7. The molecule has 1 aliphatic carbocycles. The Labute approximate surface area is 686 Å². The molecule has 12 nitrogen and oxygen atoms in total. The summed E-state index contributed by atoms with van der Waals surface area (Å²) in [4.78, 5) is 55.6. The zero-order valence-corrected chi connectivity index (χ0v) is 74.2. The molecule has 0 bridgehead atoms. The summed E-state index contributed by atoms with van der Waals surface area (Å²) in [5.74, 6) is -1.67. The van der Waals surface area contributed by atoms with E-state index in [9.17, 15) is 19.2 Å². The number of quaternary nitrogens is 4. The Balaban J connectivity index is 1.33. The number of ether oxygens (including phenoxy) is 4. The molecule has 1 fully saturated rings. The maximum Gasteiger partial charge on any atom is 0.338 e. The van der Waals surface area contributed by atoms with Crippen molar-refractivity contribution in [2.75, 3.05) is 135 Å². The highest BCUT2D eigenvalue weighted by molar-refractivity contribution is 5.91. The van der Waals surface area contributed by atoms with E-state index in [2.05, 4.69) is 133 Å². The van der Waals surface area contributed by atoms with Crippen LogP contribution in [0.2, 0.25) is 0 Å². The van der Waals surface area contributed by atoms with Gasteiger partial charge in [0.15, 0.2) is 0 Å². The Morgan fingerprint density at radius 2 is 0.339 bits per heavy atom. The van der Waals surface area contributed by atoms with Crippen molar-refractivity contribution in [2.24, 2.45) is 0 Å². The van der Waals surface area contributed by atoms with Gasteiger partial charge in [-0.05, 0) is 146 Å². The molecule has 0 aromatic heterocycles. The number of unbranched alkanes of at least 4 members (excludes halogenated alkanes) is 36. The lowest BCUT2D eigenvalue weighted by Crippen LogP contribution is -2.41. The van der Waals surface area contributed by atoms with Crippen LogP contribution in [-0.2, 0) is 18.9 Å². The fraction of sp³-hybridized carbons (Fsp3) is 0.720. The topological polar surface area (TPSA) is 105 Å². The molecule has 632 valence electrons. The molecule has 0 atom stereocenters. The molecule has 0 aliphatic heterocycles. The summed E-state index contributed by atoms with van der Waals surface area (Å²) in [6.45, 7) is 18.8. The van der Waals surface area contributed by atoms with Crippen LogP contribution >= 0.6 is 0 Å². The Morgan fingerprint density at radius 3 is 0.491 bits per heavy atom. The molecule has 112 heavy (non-hydrogen) atoms. The number of rotatable bonds is 68. The van der Waals surface area contributed by atoms with Gasteiger partial charge >= 0.3 is 23.9 Å². The smallest absolute Gasteiger partial charge is 0.338 e. The van der Waals surface area contributed by atoms with Crippen LogP contribution in [0.4, 0.5) is 0 Å². The number of benzene rings is 4. The standard InChI is InChI=1S/C100H168N4O8/c1-13-17-21-25-29-33-37-41-45-49-73-101(5,6)77-53-81-109-97(105)89-65-57-85(58-66-89)93-94(86-59-67-90(68-60-86)98(106)110-82-54-78-102(7,8)74-50-46-42-38-34-30-26-22-18-14-2)96(88-63-71-92(72-64-88)100(108)112-84-56-80-104(11,12)76-52-48-44-40-36-32-28-24-20-16-4)95(93)87-61-69-91(70-62-87)99(107)111-83-55-79-103(9,10)75-51-47-43-39-35-31-27-23-19-15-3/h57-72,93-96H,13-56,73-84H2,1-12H3/q+4. The van der Waals surface area contributed by atoms with Gasteiger partial charge in [0.1, 0.15) is 0 Å². The average molecular weight is 1550 g/mol. The predicted octanol–water partition coefficient (Wildman–Crippen LogP) is 25.3. The fourth-order valence-corrected chi connectivity index (χ4v) is 17.3. The molecule has 0 amide bonds. The van der Waals surface area contributed by atoms with E-state index in [4.69, 9.17) is 18.9 Å². The van der Waals surface area contributed by atoms with Crippen LogP contribution < -0.4 is 0 Å². The summed E-state index contributed by atoms with van der Waals surface area (Å²) in [7, 11) is 18.4. The molecule has 1 aliphatic rings. The molecular weight excluding hydrogens is 1390 g/mol. The second kappa shape index (κ2) is 56.8. The highest BCUT2D eigenvalue weighted by atomic mass is 16.5. The molecule has 1 saturated carbocycles. The maximum absolute atomic E-state index is 13.9. The van der Waals surface area contributed by atoms with Gasteiger partial charge < -0.3 is 36.9 Å². The van der Waals surface area contributed by atoms with Crippen molar-refractivity contribution in [1.82, 2.24) is 0 Å². The predicted molar refractivity (Wildman–Crippen MR) is 471 cm³/mol. The Kier molecular flexibility index (Phi) is 49.3. The molecule has 4 aromatic carbocycles. The lowest BCUT2D eigenvalue weighted by atomic mass is 9.49. The molecule has 0 spiro atoms. The zero-order chi connectivity index (χ0) is 81.0. The van der Waals surface area contributed by atoms with E-state index in [1.807, 2.05) is 48.5 Å². The molecule has 0 radical (unpaired) electrons. The first-order valence-electron chi connectivity index (χ1n) is 46.5. The second-order valence-electron chi connectivity index (χ2n) is 36.8. The highest BCUT2D eigenvalue weighted by Crippen LogP contribution is 2.66. The molecule has 0 unspecified atom stereocenters.